The monoisotopic (exact) mass is 269 g/mol. The van der Waals surface area contributed by atoms with Crippen LogP contribution in [0.2, 0.25) is 0 Å². The van der Waals surface area contributed by atoms with Gasteiger partial charge in [-0.25, -0.2) is 4.39 Å². The Labute approximate surface area is 114 Å². The van der Waals surface area contributed by atoms with Crippen LogP contribution in [0.15, 0.2) is 12.1 Å². The van der Waals surface area contributed by atoms with Crippen molar-refractivity contribution in [2.24, 2.45) is 0 Å². The lowest BCUT2D eigenvalue weighted by Crippen LogP contribution is -2.40. The Morgan fingerprint density at radius 3 is 2.47 bits per heavy atom. The Morgan fingerprint density at radius 2 is 2.00 bits per heavy atom. The highest BCUT2D eigenvalue weighted by atomic mass is 19.1. The first kappa shape index (κ1) is 15.6. The Morgan fingerprint density at radius 1 is 1.37 bits per heavy atom. The third-order valence-electron chi connectivity index (χ3n) is 3.11. The van der Waals surface area contributed by atoms with Crippen LogP contribution >= 0.6 is 0 Å². The van der Waals surface area contributed by atoms with E-state index in [4.69, 9.17) is 10.5 Å². The van der Waals surface area contributed by atoms with Crippen molar-refractivity contribution in [2.45, 2.75) is 19.9 Å². The Bertz CT molecular complexity index is 423. The SMILES string of the molecule is CCN(c1cc(OC)c(F)cc1N)C(C)CN(C)C. The highest BCUT2D eigenvalue weighted by molar-refractivity contribution is 5.70. The molecule has 1 aromatic rings. The van der Waals surface area contributed by atoms with Gasteiger partial charge in [0.15, 0.2) is 11.6 Å². The molecule has 108 valence electrons. The second-order valence-corrected chi connectivity index (χ2v) is 4.94. The second kappa shape index (κ2) is 6.61. The highest BCUT2D eigenvalue weighted by Gasteiger charge is 2.18. The van der Waals surface area contributed by atoms with Crippen LogP contribution in [0, 0.1) is 5.82 Å². The minimum Gasteiger partial charge on any atom is -0.494 e. The van der Waals surface area contributed by atoms with Gasteiger partial charge in [-0.1, -0.05) is 0 Å². The van der Waals surface area contributed by atoms with Gasteiger partial charge in [0.05, 0.1) is 18.5 Å². The van der Waals surface area contributed by atoms with Gasteiger partial charge >= 0.3 is 0 Å². The number of methoxy groups -OCH3 is 1. The number of nitrogens with zero attached hydrogens (tertiary/aromatic N) is 2. The van der Waals surface area contributed by atoms with Crippen molar-refractivity contribution in [3.63, 3.8) is 0 Å². The van der Waals surface area contributed by atoms with Gasteiger partial charge in [0.25, 0.3) is 0 Å². The summed E-state index contributed by atoms with van der Waals surface area (Å²) in [6, 6.07) is 3.26. The van der Waals surface area contributed by atoms with Crippen LogP contribution in [0.3, 0.4) is 0 Å². The number of anilines is 2. The Kier molecular flexibility index (Phi) is 5.42. The Balaban J connectivity index is 3.10. The lowest BCUT2D eigenvalue weighted by atomic mass is 10.1. The number of benzene rings is 1. The van der Waals surface area contributed by atoms with Crippen molar-refractivity contribution < 1.29 is 9.13 Å². The van der Waals surface area contributed by atoms with Crippen molar-refractivity contribution in [3.05, 3.63) is 17.9 Å². The maximum Gasteiger partial charge on any atom is 0.167 e. The molecule has 19 heavy (non-hydrogen) atoms. The first-order chi connectivity index (χ1) is 8.90. The summed E-state index contributed by atoms with van der Waals surface area (Å²) in [5.41, 5.74) is 7.19. The Hall–Kier alpha value is -1.49. The normalized spacial score (nSPS) is 12.6. The topological polar surface area (TPSA) is 41.7 Å². The van der Waals surface area contributed by atoms with Crippen molar-refractivity contribution in [1.82, 2.24) is 4.90 Å². The quantitative estimate of drug-likeness (QED) is 0.804. The van der Waals surface area contributed by atoms with Crippen molar-refractivity contribution in [2.75, 3.05) is 44.9 Å². The molecule has 0 bridgehead atoms. The predicted molar refractivity (Wildman–Crippen MR) is 78.4 cm³/mol. The average molecular weight is 269 g/mol. The second-order valence-electron chi connectivity index (χ2n) is 4.94. The molecule has 0 fully saturated rings. The lowest BCUT2D eigenvalue weighted by molar-refractivity contribution is 0.371. The number of likely N-dealkylation sites (N-methyl/N-ethyl adjacent to an activating group) is 2. The summed E-state index contributed by atoms with van der Waals surface area (Å²) in [4.78, 5) is 4.27. The summed E-state index contributed by atoms with van der Waals surface area (Å²) in [6.07, 6.45) is 0. The summed E-state index contributed by atoms with van der Waals surface area (Å²) < 4.78 is 18.6. The minimum absolute atomic E-state index is 0.222. The van der Waals surface area contributed by atoms with Gasteiger partial charge in [-0.3, -0.25) is 0 Å². The fourth-order valence-electron chi connectivity index (χ4n) is 2.31. The molecule has 0 saturated heterocycles. The third kappa shape index (κ3) is 3.73. The van der Waals surface area contributed by atoms with E-state index >= 15 is 0 Å². The molecule has 5 heteroatoms. The summed E-state index contributed by atoms with van der Waals surface area (Å²) in [5, 5.41) is 0. The molecule has 0 spiro atoms. The molecule has 0 amide bonds. The van der Waals surface area contributed by atoms with Crippen LogP contribution in [0.5, 0.6) is 5.75 Å². The van der Waals surface area contributed by atoms with Crippen LogP contribution in [-0.4, -0.2) is 45.2 Å². The molecular weight excluding hydrogens is 245 g/mol. The lowest BCUT2D eigenvalue weighted by Gasteiger charge is -2.33. The summed E-state index contributed by atoms with van der Waals surface area (Å²) >= 11 is 0. The molecule has 0 saturated carbocycles. The van der Waals surface area contributed by atoms with Gasteiger partial charge in [-0.05, 0) is 27.9 Å². The molecular formula is C14H24FN3O. The molecule has 4 nitrogen and oxygen atoms in total. The molecule has 1 aromatic carbocycles. The minimum atomic E-state index is -0.430. The van der Waals surface area contributed by atoms with Gasteiger partial charge in [0, 0.05) is 31.3 Å². The summed E-state index contributed by atoms with van der Waals surface area (Å²) in [6.45, 7) is 5.88. The van der Waals surface area contributed by atoms with Gasteiger partial charge in [-0.15, -0.1) is 0 Å². The first-order valence-electron chi connectivity index (χ1n) is 6.45. The van der Waals surface area contributed by atoms with E-state index in [1.807, 2.05) is 14.1 Å². The standard InChI is InChI=1S/C14H24FN3O/c1-6-18(10(2)9-17(3)4)13-8-14(19-5)11(15)7-12(13)16/h7-8,10H,6,9,16H2,1-5H3. The van der Waals surface area contributed by atoms with E-state index in [-0.39, 0.29) is 11.8 Å². The van der Waals surface area contributed by atoms with Gasteiger partial charge in [0.2, 0.25) is 0 Å². The van der Waals surface area contributed by atoms with E-state index in [1.54, 1.807) is 6.07 Å². The molecule has 0 aliphatic carbocycles. The molecule has 0 aromatic heterocycles. The number of halogens is 1. The van der Waals surface area contributed by atoms with E-state index in [2.05, 4.69) is 23.6 Å². The fraction of sp³-hybridized carbons (Fsp3) is 0.571. The number of ether oxygens (including phenoxy) is 1. The smallest absolute Gasteiger partial charge is 0.167 e. The van der Waals surface area contributed by atoms with Crippen molar-refractivity contribution >= 4 is 11.4 Å². The highest BCUT2D eigenvalue weighted by Crippen LogP contribution is 2.32. The fourth-order valence-corrected chi connectivity index (χ4v) is 2.31. The van der Waals surface area contributed by atoms with E-state index < -0.39 is 5.82 Å². The average Bonchev–Trinajstić information content (AvgIpc) is 2.31. The van der Waals surface area contributed by atoms with Crippen LogP contribution in [0.4, 0.5) is 15.8 Å². The third-order valence-corrected chi connectivity index (χ3v) is 3.11. The van der Waals surface area contributed by atoms with Gasteiger partial charge in [-0.2, -0.15) is 0 Å². The zero-order chi connectivity index (χ0) is 14.6. The number of rotatable bonds is 6. The maximum atomic E-state index is 13.6. The first-order valence-corrected chi connectivity index (χ1v) is 6.45. The number of hydrogen-bond acceptors (Lipinski definition) is 4. The van der Waals surface area contributed by atoms with Crippen molar-refractivity contribution in [3.8, 4) is 5.75 Å². The molecule has 1 rings (SSSR count). The summed E-state index contributed by atoms with van der Waals surface area (Å²) in [7, 11) is 5.51. The van der Waals surface area contributed by atoms with E-state index in [0.29, 0.717) is 5.69 Å². The summed E-state index contributed by atoms with van der Waals surface area (Å²) in [5.74, 6) is -0.209. The zero-order valence-corrected chi connectivity index (χ0v) is 12.4. The number of nitrogen functional groups attached to an aromatic ring is 1. The van der Waals surface area contributed by atoms with E-state index in [0.717, 1.165) is 18.8 Å². The predicted octanol–water partition coefficient (Wildman–Crippen LogP) is 2.19. The van der Waals surface area contributed by atoms with Gasteiger partial charge < -0.3 is 20.3 Å². The largest absolute Gasteiger partial charge is 0.494 e. The maximum absolute atomic E-state index is 13.6. The molecule has 1 unspecified atom stereocenters. The van der Waals surface area contributed by atoms with E-state index in [1.165, 1.54) is 13.2 Å². The molecule has 0 aliphatic rings. The van der Waals surface area contributed by atoms with Gasteiger partial charge in [0.1, 0.15) is 0 Å². The molecule has 0 aliphatic heterocycles. The van der Waals surface area contributed by atoms with Crippen LogP contribution < -0.4 is 15.4 Å². The van der Waals surface area contributed by atoms with Crippen molar-refractivity contribution in [1.29, 1.82) is 0 Å². The van der Waals surface area contributed by atoms with Crippen LogP contribution in [0.1, 0.15) is 13.8 Å². The molecule has 1 atom stereocenters. The van der Waals surface area contributed by atoms with E-state index in [9.17, 15) is 4.39 Å². The molecule has 2 N–H and O–H groups in total. The molecule has 0 radical (unpaired) electrons. The number of nitrogens with two attached hydrogens (primary N) is 1. The molecule has 0 heterocycles. The zero-order valence-electron chi connectivity index (χ0n) is 12.4. The van der Waals surface area contributed by atoms with Crippen LogP contribution in [-0.2, 0) is 0 Å². The number of hydrogen-bond donors (Lipinski definition) is 1. The van der Waals surface area contributed by atoms with Crippen LogP contribution in [0.25, 0.3) is 0 Å².